The first-order valence-corrected chi connectivity index (χ1v) is 4.87. The lowest BCUT2D eigenvalue weighted by atomic mass is 10.1. The maximum atomic E-state index is 10.7. The highest BCUT2D eigenvalue weighted by Crippen LogP contribution is 2.13. The lowest BCUT2D eigenvalue weighted by Gasteiger charge is -2.14. The van der Waals surface area contributed by atoms with Crippen molar-refractivity contribution in [3.63, 3.8) is 0 Å². The number of hydrogen-bond acceptors (Lipinski definition) is 3. The van der Waals surface area contributed by atoms with E-state index < -0.39 is 0 Å². The molecule has 0 saturated carbocycles. The quantitative estimate of drug-likeness (QED) is 0.651. The largest absolute Gasteiger partial charge is 0.381 e. The van der Waals surface area contributed by atoms with E-state index in [1.54, 1.807) is 6.92 Å². The fourth-order valence-electron chi connectivity index (χ4n) is 1.48. The molecule has 2 unspecified atom stereocenters. The van der Waals surface area contributed by atoms with Gasteiger partial charge in [-0.1, -0.05) is 0 Å². The Balaban J connectivity index is 2.06. The SMILES string of the molecule is CC(=O)CC(C)OCC1CCOC1. The normalized spacial score (nSPS) is 24.6. The summed E-state index contributed by atoms with van der Waals surface area (Å²) in [5, 5.41) is 0. The molecule has 1 aliphatic heterocycles. The smallest absolute Gasteiger partial charge is 0.132 e. The molecule has 0 aromatic rings. The first-order valence-electron chi connectivity index (χ1n) is 4.87. The van der Waals surface area contributed by atoms with Gasteiger partial charge in [0.25, 0.3) is 0 Å². The van der Waals surface area contributed by atoms with E-state index in [0.29, 0.717) is 12.3 Å². The van der Waals surface area contributed by atoms with Gasteiger partial charge in [0.05, 0.1) is 19.3 Å². The van der Waals surface area contributed by atoms with Crippen molar-refractivity contribution in [1.29, 1.82) is 0 Å². The average Bonchev–Trinajstić information content (AvgIpc) is 2.51. The Kier molecular flexibility index (Phi) is 4.39. The van der Waals surface area contributed by atoms with Crippen molar-refractivity contribution in [2.75, 3.05) is 19.8 Å². The van der Waals surface area contributed by atoms with Crippen molar-refractivity contribution < 1.29 is 14.3 Å². The zero-order valence-corrected chi connectivity index (χ0v) is 8.41. The van der Waals surface area contributed by atoms with E-state index >= 15 is 0 Å². The monoisotopic (exact) mass is 186 g/mol. The molecular weight excluding hydrogens is 168 g/mol. The molecular formula is C10H18O3. The van der Waals surface area contributed by atoms with Crippen molar-refractivity contribution in [1.82, 2.24) is 0 Å². The maximum absolute atomic E-state index is 10.7. The highest BCUT2D eigenvalue weighted by molar-refractivity contribution is 5.75. The lowest BCUT2D eigenvalue weighted by Crippen LogP contribution is -2.18. The van der Waals surface area contributed by atoms with Crippen LogP contribution in [0.15, 0.2) is 0 Å². The Hall–Kier alpha value is -0.410. The number of carbonyl (C=O) groups excluding carboxylic acids is 1. The van der Waals surface area contributed by atoms with E-state index in [1.165, 1.54) is 0 Å². The Morgan fingerprint density at radius 3 is 3.00 bits per heavy atom. The molecule has 76 valence electrons. The lowest BCUT2D eigenvalue weighted by molar-refractivity contribution is -0.119. The third kappa shape index (κ3) is 4.39. The summed E-state index contributed by atoms with van der Waals surface area (Å²) in [5.74, 6) is 0.726. The van der Waals surface area contributed by atoms with Crippen LogP contribution in [-0.2, 0) is 14.3 Å². The second-order valence-electron chi connectivity index (χ2n) is 3.78. The van der Waals surface area contributed by atoms with Crippen LogP contribution < -0.4 is 0 Å². The van der Waals surface area contributed by atoms with Crippen LogP contribution >= 0.6 is 0 Å². The van der Waals surface area contributed by atoms with Gasteiger partial charge in [-0.15, -0.1) is 0 Å². The van der Waals surface area contributed by atoms with Gasteiger partial charge in [-0.2, -0.15) is 0 Å². The fraction of sp³-hybridized carbons (Fsp3) is 0.900. The molecule has 3 nitrogen and oxygen atoms in total. The van der Waals surface area contributed by atoms with Crippen LogP contribution in [0.2, 0.25) is 0 Å². The summed E-state index contributed by atoms with van der Waals surface area (Å²) in [6.45, 7) is 5.94. The molecule has 0 aromatic heterocycles. The fourth-order valence-corrected chi connectivity index (χ4v) is 1.48. The van der Waals surface area contributed by atoms with Gasteiger partial charge in [0.1, 0.15) is 5.78 Å². The second kappa shape index (κ2) is 5.35. The molecule has 0 aliphatic carbocycles. The van der Waals surface area contributed by atoms with Gasteiger partial charge in [0.15, 0.2) is 0 Å². The number of carbonyl (C=O) groups is 1. The minimum atomic E-state index is 0.0538. The van der Waals surface area contributed by atoms with E-state index in [4.69, 9.17) is 9.47 Å². The molecule has 1 heterocycles. The molecule has 1 saturated heterocycles. The van der Waals surface area contributed by atoms with Gasteiger partial charge < -0.3 is 9.47 Å². The van der Waals surface area contributed by atoms with Crippen LogP contribution in [0.3, 0.4) is 0 Å². The summed E-state index contributed by atoms with van der Waals surface area (Å²) in [4.78, 5) is 10.7. The first-order chi connectivity index (χ1) is 6.18. The molecule has 3 heteroatoms. The molecule has 0 spiro atoms. The van der Waals surface area contributed by atoms with Crippen LogP contribution in [-0.4, -0.2) is 31.7 Å². The highest BCUT2D eigenvalue weighted by Gasteiger charge is 2.17. The third-order valence-electron chi connectivity index (χ3n) is 2.22. The topological polar surface area (TPSA) is 35.5 Å². The molecule has 13 heavy (non-hydrogen) atoms. The average molecular weight is 186 g/mol. The molecule has 0 aromatic carbocycles. The zero-order valence-electron chi connectivity index (χ0n) is 8.41. The maximum Gasteiger partial charge on any atom is 0.132 e. The van der Waals surface area contributed by atoms with E-state index in [1.807, 2.05) is 6.92 Å². The number of ether oxygens (including phenoxy) is 2. The Labute approximate surface area is 79.4 Å². The Morgan fingerprint density at radius 1 is 1.69 bits per heavy atom. The predicted octanol–water partition coefficient (Wildman–Crippen LogP) is 1.41. The summed E-state index contributed by atoms with van der Waals surface area (Å²) in [6, 6.07) is 0. The zero-order chi connectivity index (χ0) is 9.68. The number of rotatable bonds is 5. The van der Waals surface area contributed by atoms with Crippen molar-refractivity contribution >= 4 is 5.78 Å². The summed E-state index contributed by atoms with van der Waals surface area (Å²) in [7, 11) is 0. The first kappa shape index (κ1) is 10.7. The number of Topliss-reactive ketones (excluding diaryl/α,β-unsaturated/α-hetero) is 1. The van der Waals surface area contributed by atoms with Gasteiger partial charge in [-0.25, -0.2) is 0 Å². The summed E-state index contributed by atoms with van der Waals surface area (Å²) >= 11 is 0. The van der Waals surface area contributed by atoms with E-state index in [-0.39, 0.29) is 11.9 Å². The van der Waals surface area contributed by atoms with Crippen molar-refractivity contribution in [3.8, 4) is 0 Å². The molecule has 1 aliphatic rings. The van der Waals surface area contributed by atoms with Gasteiger partial charge in [0, 0.05) is 18.9 Å². The van der Waals surface area contributed by atoms with Crippen LogP contribution in [0.5, 0.6) is 0 Å². The van der Waals surface area contributed by atoms with Gasteiger partial charge in [0.2, 0.25) is 0 Å². The van der Waals surface area contributed by atoms with Crippen LogP contribution in [0.4, 0.5) is 0 Å². The second-order valence-corrected chi connectivity index (χ2v) is 3.78. The standard InChI is InChI=1S/C10H18O3/c1-8(11)5-9(2)13-7-10-3-4-12-6-10/h9-10H,3-7H2,1-2H3. The molecule has 1 fully saturated rings. The van der Waals surface area contributed by atoms with Crippen LogP contribution in [0.1, 0.15) is 26.7 Å². The van der Waals surface area contributed by atoms with E-state index in [2.05, 4.69) is 0 Å². The predicted molar refractivity (Wildman–Crippen MR) is 49.6 cm³/mol. The molecule has 1 rings (SSSR count). The molecule has 0 amide bonds. The minimum absolute atomic E-state index is 0.0538. The minimum Gasteiger partial charge on any atom is -0.381 e. The summed E-state index contributed by atoms with van der Waals surface area (Å²) < 4.78 is 10.8. The Bertz CT molecular complexity index is 162. The molecule has 0 radical (unpaired) electrons. The highest BCUT2D eigenvalue weighted by atomic mass is 16.5. The summed E-state index contributed by atoms with van der Waals surface area (Å²) in [5.41, 5.74) is 0. The van der Waals surface area contributed by atoms with Crippen LogP contribution in [0, 0.1) is 5.92 Å². The Morgan fingerprint density at radius 2 is 2.46 bits per heavy atom. The molecule has 0 bridgehead atoms. The van der Waals surface area contributed by atoms with E-state index in [9.17, 15) is 4.79 Å². The van der Waals surface area contributed by atoms with Crippen molar-refractivity contribution in [2.45, 2.75) is 32.8 Å². The summed E-state index contributed by atoms with van der Waals surface area (Å²) in [6.07, 6.45) is 1.67. The van der Waals surface area contributed by atoms with Gasteiger partial charge >= 0.3 is 0 Å². The molecule has 2 atom stereocenters. The number of ketones is 1. The third-order valence-corrected chi connectivity index (χ3v) is 2.22. The molecule has 0 N–H and O–H groups in total. The van der Waals surface area contributed by atoms with Crippen molar-refractivity contribution in [2.24, 2.45) is 5.92 Å². The van der Waals surface area contributed by atoms with Gasteiger partial charge in [-0.3, -0.25) is 4.79 Å². The van der Waals surface area contributed by atoms with Gasteiger partial charge in [-0.05, 0) is 20.3 Å². The van der Waals surface area contributed by atoms with Crippen LogP contribution in [0.25, 0.3) is 0 Å². The number of hydrogen-bond donors (Lipinski definition) is 0. The van der Waals surface area contributed by atoms with Crippen molar-refractivity contribution in [3.05, 3.63) is 0 Å². The van der Waals surface area contributed by atoms with E-state index in [0.717, 1.165) is 26.2 Å².